The van der Waals surface area contributed by atoms with Crippen LogP contribution in [0.5, 0.6) is 0 Å². The predicted octanol–water partition coefficient (Wildman–Crippen LogP) is 5.80. The van der Waals surface area contributed by atoms with Crippen LogP contribution in [0.2, 0.25) is 0 Å². The molecule has 0 saturated heterocycles. The Morgan fingerprint density at radius 1 is 1.04 bits per heavy atom. The Bertz CT molecular complexity index is 654. The van der Waals surface area contributed by atoms with E-state index in [0.717, 1.165) is 19.3 Å². The third kappa shape index (κ3) is 8.75. The molecule has 0 heterocycles. The standard InChI is InChI=1S/C20H26F3NO3/c1-2-3-4-5-6-7-8-13-19(27)24-16-12-10-9-11-15(16)17(25)14-18(26)20(21,22)23/h9-12,14,25H,2-8,13H2,1H3,(H,24,27)/b17-14-. The van der Waals surface area contributed by atoms with Gasteiger partial charge in [0.15, 0.2) is 0 Å². The number of unbranched alkanes of at least 4 members (excludes halogenated alkanes) is 6. The fraction of sp³-hybridized carbons (Fsp3) is 0.500. The van der Waals surface area contributed by atoms with Crippen molar-refractivity contribution in [3.63, 3.8) is 0 Å². The summed E-state index contributed by atoms with van der Waals surface area (Å²) in [6.07, 6.45) is 2.77. The first-order valence-corrected chi connectivity index (χ1v) is 9.16. The minimum absolute atomic E-state index is 0.0389. The molecule has 1 aromatic rings. The van der Waals surface area contributed by atoms with Crippen LogP contribution in [0.4, 0.5) is 18.9 Å². The summed E-state index contributed by atoms with van der Waals surface area (Å²) in [5, 5.41) is 12.4. The number of benzene rings is 1. The quantitative estimate of drug-likeness (QED) is 0.288. The van der Waals surface area contributed by atoms with Crippen molar-refractivity contribution < 1.29 is 27.9 Å². The first-order chi connectivity index (χ1) is 12.8. The molecule has 0 aliphatic carbocycles. The van der Waals surface area contributed by atoms with E-state index < -0.39 is 17.7 Å². The van der Waals surface area contributed by atoms with Gasteiger partial charge >= 0.3 is 6.18 Å². The van der Waals surface area contributed by atoms with Crippen molar-refractivity contribution in [3.8, 4) is 0 Å². The topological polar surface area (TPSA) is 66.4 Å². The SMILES string of the molecule is CCCCCCCCCC(=O)Nc1ccccc1/C(O)=C/C(=O)C(F)(F)F. The monoisotopic (exact) mass is 385 g/mol. The van der Waals surface area contributed by atoms with Gasteiger partial charge in [0.25, 0.3) is 5.78 Å². The van der Waals surface area contributed by atoms with E-state index in [1.165, 1.54) is 37.5 Å². The number of aliphatic hydroxyl groups excluding tert-OH is 1. The molecule has 0 spiro atoms. The zero-order chi connectivity index (χ0) is 20.3. The van der Waals surface area contributed by atoms with E-state index in [9.17, 15) is 27.9 Å². The Hall–Kier alpha value is -2.31. The number of allylic oxidation sites excluding steroid dienone is 1. The van der Waals surface area contributed by atoms with Crippen molar-refractivity contribution in [3.05, 3.63) is 35.9 Å². The van der Waals surface area contributed by atoms with Crippen LogP contribution in [0.1, 0.15) is 63.9 Å². The Morgan fingerprint density at radius 2 is 1.63 bits per heavy atom. The van der Waals surface area contributed by atoms with Gasteiger partial charge in [-0.1, -0.05) is 57.6 Å². The van der Waals surface area contributed by atoms with E-state index in [4.69, 9.17) is 0 Å². The second-order valence-corrected chi connectivity index (χ2v) is 6.36. The number of aliphatic hydroxyl groups is 1. The normalized spacial score (nSPS) is 12.1. The number of hydrogen-bond donors (Lipinski definition) is 2. The van der Waals surface area contributed by atoms with Crippen molar-refractivity contribution in [2.75, 3.05) is 5.32 Å². The van der Waals surface area contributed by atoms with E-state index in [1.807, 2.05) is 0 Å². The molecule has 1 rings (SSSR count). The zero-order valence-electron chi connectivity index (χ0n) is 15.4. The Balaban J connectivity index is 2.60. The molecule has 0 fully saturated rings. The molecular formula is C20H26F3NO3. The molecule has 0 aromatic heterocycles. The number of ketones is 1. The van der Waals surface area contributed by atoms with Gasteiger partial charge in [0.2, 0.25) is 5.91 Å². The molecule has 4 nitrogen and oxygen atoms in total. The summed E-state index contributed by atoms with van der Waals surface area (Å²) in [6, 6.07) is 5.86. The average Bonchev–Trinajstić information content (AvgIpc) is 2.60. The lowest BCUT2D eigenvalue weighted by Gasteiger charge is -2.11. The number of para-hydroxylation sites is 1. The Labute approximate surface area is 157 Å². The highest BCUT2D eigenvalue weighted by Crippen LogP contribution is 2.25. The van der Waals surface area contributed by atoms with Gasteiger partial charge in [-0.15, -0.1) is 0 Å². The van der Waals surface area contributed by atoms with Crippen molar-refractivity contribution in [2.45, 2.75) is 64.5 Å². The van der Waals surface area contributed by atoms with Gasteiger partial charge < -0.3 is 10.4 Å². The van der Waals surface area contributed by atoms with Crippen LogP contribution >= 0.6 is 0 Å². The molecule has 0 bridgehead atoms. The van der Waals surface area contributed by atoms with Gasteiger partial charge in [0, 0.05) is 18.1 Å². The molecule has 1 amide bonds. The number of carbonyl (C=O) groups excluding carboxylic acids is 2. The van der Waals surface area contributed by atoms with E-state index in [-0.39, 0.29) is 29.7 Å². The highest BCUT2D eigenvalue weighted by Gasteiger charge is 2.37. The summed E-state index contributed by atoms with van der Waals surface area (Å²) in [5.41, 5.74) is 0.122. The number of carbonyl (C=O) groups is 2. The van der Waals surface area contributed by atoms with E-state index in [0.29, 0.717) is 6.42 Å². The summed E-state index contributed by atoms with van der Waals surface area (Å²) >= 11 is 0. The first kappa shape index (κ1) is 22.7. The van der Waals surface area contributed by atoms with Gasteiger partial charge in [-0.3, -0.25) is 9.59 Å². The lowest BCUT2D eigenvalue weighted by atomic mass is 10.1. The largest absolute Gasteiger partial charge is 0.507 e. The van der Waals surface area contributed by atoms with E-state index in [1.54, 1.807) is 6.07 Å². The molecule has 1 aromatic carbocycles. The van der Waals surface area contributed by atoms with Gasteiger partial charge in [-0.25, -0.2) is 0 Å². The number of amides is 1. The van der Waals surface area contributed by atoms with Crippen LogP contribution in [0.3, 0.4) is 0 Å². The molecule has 7 heteroatoms. The lowest BCUT2D eigenvalue weighted by Crippen LogP contribution is -2.20. The number of rotatable bonds is 11. The molecule has 2 N–H and O–H groups in total. The lowest BCUT2D eigenvalue weighted by molar-refractivity contribution is -0.165. The highest BCUT2D eigenvalue weighted by molar-refractivity contribution is 6.01. The number of alkyl halides is 3. The summed E-state index contributed by atoms with van der Waals surface area (Å²) in [4.78, 5) is 23.0. The molecule has 0 saturated carbocycles. The molecule has 0 atom stereocenters. The number of anilines is 1. The Kier molecular flexibility index (Phi) is 9.61. The van der Waals surface area contributed by atoms with Crippen molar-refractivity contribution in [1.29, 1.82) is 0 Å². The number of nitrogens with one attached hydrogen (secondary N) is 1. The zero-order valence-corrected chi connectivity index (χ0v) is 15.4. The molecule has 0 aliphatic heterocycles. The Morgan fingerprint density at radius 3 is 2.26 bits per heavy atom. The fourth-order valence-electron chi connectivity index (χ4n) is 2.55. The minimum Gasteiger partial charge on any atom is -0.507 e. The second-order valence-electron chi connectivity index (χ2n) is 6.36. The maximum absolute atomic E-state index is 12.3. The molecule has 27 heavy (non-hydrogen) atoms. The van der Waals surface area contributed by atoms with Crippen molar-refractivity contribution in [2.24, 2.45) is 0 Å². The highest BCUT2D eigenvalue weighted by atomic mass is 19.4. The van der Waals surface area contributed by atoms with Crippen molar-refractivity contribution >= 4 is 23.1 Å². The van der Waals surface area contributed by atoms with Crippen LogP contribution in [0.25, 0.3) is 5.76 Å². The predicted molar refractivity (Wildman–Crippen MR) is 99.3 cm³/mol. The second kappa shape index (κ2) is 11.4. The smallest absolute Gasteiger partial charge is 0.454 e. The molecule has 0 unspecified atom stereocenters. The maximum Gasteiger partial charge on any atom is 0.454 e. The van der Waals surface area contributed by atoms with Crippen LogP contribution in [0.15, 0.2) is 30.3 Å². The third-order valence-corrected chi connectivity index (χ3v) is 4.03. The fourth-order valence-corrected chi connectivity index (χ4v) is 2.55. The molecular weight excluding hydrogens is 359 g/mol. The van der Waals surface area contributed by atoms with Gasteiger partial charge in [0.05, 0.1) is 5.69 Å². The average molecular weight is 385 g/mol. The van der Waals surface area contributed by atoms with Gasteiger partial charge in [-0.2, -0.15) is 13.2 Å². The van der Waals surface area contributed by atoms with Crippen LogP contribution < -0.4 is 5.32 Å². The molecule has 0 radical (unpaired) electrons. The summed E-state index contributed by atoms with van der Waals surface area (Å²) < 4.78 is 37.0. The minimum atomic E-state index is -5.07. The number of halogens is 3. The molecule has 0 aliphatic rings. The van der Waals surface area contributed by atoms with Crippen LogP contribution in [0, 0.1) is 0 Å². The van der Waals surface area contributed by atoms with Crippen LogP contribution in [-0.4, -0.2) is 23.0 Å². The summed E-state index contributed by atoms with van der Waals surface area (Å²) in [5.74, 6) is -3.29. The van der Waals surface area contributed by atoms with Gasteiger partial charge in [-0.05, 0) is 18.6 Å². The third-order valence-electron chi connectivity index (χ3n) is 4.03. The van der Waals surface area contributed by atoms with Crippen molar-refractivity contribution in [1.82, 2.24) is 0 Å². The first-order valence-electron chi connectivity index (χ1n) is 9.16. The van der Waals surface area contributed by atoms with E-state index in [2.05, 4.69) is 12.2 Å². The number of hydrogen-bond acceptors (Lipinski definition) is 3. The van der Waals surface area contributed by atoms with Crippen LogP contribution in [-0.2, 0) is 9.59 Å². The summed E-state index contributed by atoms with van der Waals surface area (Å²) in [6.45, 7) is 2.15. The van der Waals surface area contributed by atoms with E-state index >= 15 is 0 Å². The summed E-state index contributed by atoms with van der Waals surface area (Å²) in [7, 11) is 0. The molecule has 150 valence electrons. The maximum atomic E-state index is 12.3. The van der Waals surface area contributed by atoms with Gasteiger partial charge in [0.1, 0.15) is 5.76 Å².